The number of nitrogens with zero attached hydrogens (tertiary/aromatic N) is 1. The van der Waals surface area contributed by atoms with Crippen molar-refractivity contribution in [2.45, 2.75) is 45.6 Å². The minimum atomic E-state index is -0.0374. The Morgan fingerprint density at radius 2 is 1.90 bits per heavy atom. The maximum absolute atomic E-state index is 12.0. The van der Waals surface area contributed by atoms with Gasteiger partial charge >= 0.3 is 0 Å². The molecular weight excluding hydrogens is 264 g/mol. The van der Waals surface area contributed by atoms with Crippen LogP contribution in [0.4, 0.5) is 5.69 Å². The molecule has 1 saturated carbocycles. The van der Waals surface area contributed by atoms with Gasteiger partial charge < -0.3 is 15.4 Å². The molecule has 4 nitrogen and oxygen atoms in total. The van der Waals surface area contributed by atoms with Crippen molar-refractivity contribution in [3.63, 3.8) is 0 Å². The van der Waals surface area contributed by atoms with Gasteiger partial charge in [0.2, 0.25) is 0 Å². The molecule has 1 aliphatic carbocycles. The van der Waals surface area contributed by atoms with Crippen molar-refractivity contribution in [1.82, 2.24) is 4.90 Å². The molecule has 0 aliphatic heterocycles. The molecule has 0 unspecified atom stereocenters. The molecule has 1 aromatic rings. The molecular formula is C17H26N2O2. The number of carbonyl (C=O) groups excluding carboxylic acids is 1. The lowest BCUT2D eigenvalue weighted by Crippen LogP contribution is -2.28. The molecule has 1 amide bonds. The molecule has 1 aliphatic rings. The average Bonchev–Trinajstić information content (AvgIpc) is 2.42. The molecule has 0 atom stereocenters. The van der Waals surface area contributed by atoms with Gasteiger partial charge in [0.1, 0.15) is 5.75 Å². The summed E-state index contributed by atoms with van der Waals surface area (Å²) in [5, 5.41) is 0. The number of anilines is 1. The van der Waals surface area contributed by atoms with Gasteiger partial charge in [0, 0.05) is 19.7 Å². The number of amides is 1. The zero-order chi connectivity index (χ0) is 15.6. The maximum atomic E-state index is 12.0. The van der Waals surface area contributed by atoms with Crippen molar-refractivity contribution in [3.8, 4) is 5.75 Å². The molecule has 2 rings (SSSR count). The second kappa shape index (κ2) is 5.96. The normalized spacial score (nSPS) is 18.3. The van der Waals surface area contributed by atoms with E-state index in [1.807, 2.05) is 0 Å². The summed E-state index contributed by atoms with van der Waals surface area (Å²) in [5.41, 5.74) is 7.60. The fraction of sp³-hybridized carbons (Fsp3) is 0.588. The van der Waals surface area contributed by atoms with Crippen molar-refractivity contribution in [3.05, 3.63) is 23.8 Å². The lowest BCUT2D eigenvalue weighted by molar-refractivity contribution is 0.0824. The minimum absolute atomic E-state index is 0.0374. The molecule has 0 spiro atoms. The summed E-state index contributed by atoms with van der Waals surface area (Å²) >= 11 is 0. The number of carbonyl (C=O) groups is 1. The van der Waals surface area contributed by atoms with Gasteiger partial charge in [0.05, 0.1) is 11.8 Å². The van der Waals surface area contributed by atoms with Crippen LogP contribution >= 0.6 is 0 Å². The van der Waals surface area contributed by atoms with Gasteiger partial charge in [-0.3, -0.25) is 4.79 Å². The quantitative estimate of drug-likeness (QED) is 0.869. The van der Waals surface area contributed by atoms with E-state index in [1.165, 1.54) is 0 Å². The zero-order valence-corrected chi connectivity index (χ0v) is 13.5. The summed E-state index contributed by atoms with van der Waals surface area (Å²) in [6, 6.07) is 5.25. The van der Waals surface area contributed by atoms with E-state index >= 15 is 0 Å². The Balaban J connectivity index is 2.09. The monoisotopic (exact) mass is 290 g/mol. The van der Waals surface area contributed by atoms with E-state index in [0.29, 0.717) is 22.4 Å². The molecule has 2 N–H and O–H groups in total. The van der Waals surface area contributed by atoms with E-state index in [1.54, 1.807) is 37.2 Å². The van der Waals surface area contributed by atoms with Crippen LogP contribution in [0, 0.1) is 5.41 Å². The highest BCUT2D eigenvalue weighted by Crippen LogP contribution is 2.37. The van der Waals surface area contributed by atoms with Crippen molar-refractivity contribution in [1.29, 1.82) is 0 Å². The highest BCUT2D eigenvalue weighted by molar-refractivity contribution is 5.94. The van der Waals surface area contributed by atoms with Gasteiger partial charge in [0.25, 0.3) is 5.91 Å². The number of ether oxygens (including phenoxy) is 1. The van der Waals surface area contributed by atoms with Gasteiger partial charge in [-0.05, 0) is 49.3 Å². The van der Waals surface area contributed by atoms with Crippen LogP contribution in [0.2, 0.25) is 0 Å². The molecule has 116 valence electrons. The van der Waals surface area contributed by atoms with Crippen LogP contribution in [0.5, 0.6) is 5.75 Å². The number of rotatable bonds is 3. The third-order valence-electron chi connectivity index (χ3n) is 4.25. The number of hydrogen-bond acceptors (Lipinski definition) is 3. The van der Waals surface area contributed by atoms with E-state index in [-0.39, 0.29) is 12.0 Å². The predicted molar refractivity (Wildman–Crippen MR) is 85.5 cm³/mol. The fourth-order valence-corrected chi connectivity index (χ4v) is 2.70. The third kappa shape index (κ3) is 3.90. The van der Waals surface area contributed by atoms with Crippen molar-refractivity contribution in [2.75, 3.05) is 19.8 Å². The van der Waals surface area contributed by atoms with E-state index in [0.717, 1.165) is 25.7 Å². The van der Waals surface area contributed by atoms with Crippen molar-refractivity contribution >= 4 is 11.6 Å². The van der Waals surface area contributed by atoms with E-state index < -0.39 is 0 Å². The van der Waals surface area contributed by atoms with Crippen LogP contribution < -0.4 is 10.5 Å². The predicted octanol–water partition coefficient (Wildman–Crippen LogP) is 3.32. The summed E-state index contributed by atoms with van der Waals surface area (Å²) < 4.78 is 6.05. The van der Waals surface area contributed by atoms with E-state index in [9.17, 15) is 4.79 Å². The SMILES string of the molecule is CN(C)C(=O)c1ccc(N)c(OC2CCC(C)(C)CC2)c1. The molecule has 1 aromatic carbocycles. The van der Waals surface area contributed by atoms with Crippen LogP contribution in [0.25, 0.3) is 0 Å². The first kappa shape index (κ1) is 15.7. The largest absolute Gasteiger partial charge is 0.488 e. The van der Waals surface area contributed by atoms with Crippen LogP contribution in [0.1, 0.15) is 49.9 Å². The molecule has 0 bridgehead atoms. The van der Waals surface area contributed by atoms with Gasteiger partial charge in [0.15, 0.2) is 0 Å². The second-order valence-electron chi connectivity index (χ2n) is 6.93. The Labute approximate surface area is 127 Å². The van der Waals surface area contributed by atoms with Crippen LogP contribution in [0.15, 0.2) is 18.2 Å². The molecule has 0 radical (unpaired) electrons. The van der Waals surface area contributed by atoms with Crippen molar-refractivity contribution < 1.29 is 9.53 Å². The molecule has 21 heavy (non-hydrogen) atoms. The van der Waals surface area contributed by atoms with Crippen molar-refractivity contribution in [2.24, 2.45) is 5.41 Å². The molecule has 0 saturated heterocycles. The minimum Gasteiger partial charge on any atom is -0.488 e. The Hall–Kier alpha value is -1.71. The Morgan fingerprint density at radius 1 is 1.29 bits per heavy atom. The number of nitrogens with two attached hydrogens (primary N) is 1. The van der Waals surface area contributed by atoms with E-state index in [4.69, 9.17) is 10.5 Å². The van der Waals surface area contributed by atoms with Gasteiger partial charge in [-0.1, -0.05) is 13.8 Å². The first-order valence-corrected chi connectivity index (χ1v) is 7.56. The standard InChI is InChI=1S/C17H26N2O2/c1-17(2)9-7-13(8-10-17)21-15-11-12(5-6-14(15)18)16(20)19(3)4/h5-6,11,13H,7-10,18H2,1-4H3. The zero-order valence-electron chi connectivity index (χ0n) is 13.5. The summed E-state index contributed by atoms with van der Waals surface area (Å²) in [6.07, 6.45) is 4.60. The topological polar surface area (TPSA) is 55.6 Å². The van der Waals surface area contributed by atoms with E-state index in [2.05, 4.69) is 13.8 Å². The van der Waals surface area contributed by atoms with Crippen LogP contribution in [-0.4, -0.2) is 31.0 Å². The summed E-state index contributed by atoms with van der Waals surface area (Å²) in [5.74, 6) is 0.594. The Kier molecular flexibility index (Phi) is 4.45. The van der Waals surface area contributed by atoms with Gasteiger partial charge in [-0.2, -0.15) is 0 Å². The summed E-state index contributed by atoms with van der Waals surface area (Å²) in [4.78, 5) is 13.6. The highest BCUT2D eigenvalue weighted by atomic mass is 16.5. The Morgan fingerprint density at radius 3 is 2.48 bits per heavy atom. The fourth-order valence-electron chi connectivity index (χ4n) is 2.70. The molecule has 0 heterocycles. The first-order valence-electron chi connectivity index (χ1n) is 7.56. The van der Waals surface area contributed by atoms with Crippen LogP contribution in [0.3, 0.4) is 0 Å². The third-order valence-corrected chi connectivity index (χ3v) is 4.25. The number of benzene rings is 1. The lowest BCUT2D eigenvalue weighted by Gasteiger charge is -2.34. The molecule has 0 aromatic heterocycles. The molecule has 4 heteroatoms. The van der Waals surface area contributed by atoms with Crippen LogP contribution in [-0.2, 0) is 0 Å². The summed E-state index contributed by atoms with van der Waals surface area (Å²) in [6.45, 7) is 4.60. The summed E-state index contributed by atoms with van der Waals surface area (Å²) in [7, 11) is 3.48. The number of hydrogen-bond donors (Lipinski definition) is 1. The highest BCUT2D eigenvalue weighted by Gasteiger charge is 2.28. The smallest absolute Gasteiger partial charge is 0.253 e. The maximum Gasteiger partial charge on any atom is 0.253 e. The van der Waals surface area contributed by atoms with Gasteiger partial charge in [-0.15, -0.1) is 0 Å². The Bertz CT molecular complexity index is 514. The lowest BCUT2D eigenvalue weighted by atomic mass is 9.76. The van der Waals surface area contributed by atoms with Gasteiger partial charge in [-0.25, -0.2) is 0 Å². The average molecular weight is 290 g/mol. The first-order chi connectivity index (χ1) is 9.78. The second-order valence-corrected chi connectivity index (χ2v) is 6.93. The molecule has 1 fully saturated rings. The number of nitrogen functional groups attached to an aromatic ring is 1.